The fourth-order valence-electron chi connectivity index (χ4n) is 3.87. The molecular weight excluding hydrogens is 384 g/mol. The van der Waals surface area contributed by atoms with Crippen LogP contribution in [0.3, 0.4) is 0 Å². The summed E-state index contributed by atoms with van der Waals surface area (Å²) in [5.41, 5.74) is 1.57. The van der Waals surface area contributed by atoms with Crippen LogP contribution in [-0.2, 0) is 13.6 Å². The van der Waals surface area contributed by atoms with Gasteiger partial charge in [0, 0.05) is 12.4 Å². The summed E-state index contributed by atoms with van der Waals surface area (Å²) in [6.07, 6.45) is 1.48. The molecule has 6 rings (SSSR count). The van der Waals surface area contributed by atoms with Crippen molar-refractivity contribution in [3.8, 4) is 0 Å². The summed E-state index contributed by atoms with van der Waals surface area (Å²) in [5, 5.41) is 9.76. The average Bonchev–Trinajstić information content (AvgIpc) is 3.36. The molecule has 0 unspecified atom stereocenters. The summed E-state index contributed by atoms with van der Waals surface area (Å²) in [6, 6.07) is 14.6. The lowest BCUT2D eigenvalue weighted by Gasteiger charge is -2.08. The molecule has 0 bridgehead atoms. The highest BCUT2D eigenvalue weighted by Crippen LogP contribution is 2.24. The number of hydrogen-bond acceptors (Lipinski definition) is 6. The van der Waals surface area contributed by atoms with Gasteiger partial charge in [-0.05, 0) is 24.3 Å². The quantitative estimate of drug-likeness (QED) is 0.443. The molecule has 0 saturated heterocycles. The van der Waals surface area contributed by atoms with Gasteiger partial charge in [-0.15, -0.1) is 10.2 Å². The second kappa shape index (κ2) is 5.86. The van der Waals surface area contributed by atoms with Crippen molar-refractivity contribution in [2.75, 3.05) is 0 Å². The minimum atomic E-state index is -0.304. The molecule has 2 aromatic carbocycles. The molecule has 0 radical (unpaired) electrons. The number of rotatable bonds is 2. The topological polar surface area (TPSA) is 100 Å². The van der Waals surface area contributed by atoms with Crippen LogP contribution in [0, 0.1) is 0 Å². The van der Waals surface area contributed by atoms with E-state index in [1.54, 1.807) is 23.6 Å². The van der Waals surface area contributed by atoms with E-state index in [1.165, 1.54) is 15.5 Å². The van der Waals surface area contributed by atoms with Crippen molar-refractivity contribution in [1.29, 1.82) is 0 Å². The number of nitrogens with zero attached hydrogens (tertiary/aromatic N) is 6. The molecule has 0 N–H and O–H groups in total. The molecule has 0 aliphatic heterocycles. The zero-order chi connectivity index (χ0) is 20.4. The van der Waals surface area contributed by atoms with Gasteiger partial charge in [0.05, 0.1) is 23.8 Å². The van der Waals surface area contributed by atoms with Crippen molar-refractivity contribution >= 4 is 38.7 Å². The van der Waals surface area contributed by atoms with E-state index in [2.05, 4.69) is 15.2 Å². The van der Waals surface area contributed by atoms with E-state index in [1.807, 2.05) is 36.4 Å². The summed E-state index contributed by atoms with van der Waals surface area (Å²) >= 11 is 0. The van der Waals surface area contributed by atoms with Gasteiger partial charge in [-0.25, -0.2) is 4.98 Å². The maximum Gasteiger partial charge on any atom is 0.297 e. The standard InChI is InChI=1S/C21H14N6O3/c1-25-19(28)12-6-2-4-8-14(12)27-16(23-24-21(25)27)10-26-11-22-17-13-7-3-5-9-15(13)30-18(17)20(26)29/h2-9,11H,10H2,1H3. The van der Waals surface area contributed by atoms with Gasteiger partial charge in [0.15, 0.2) is 5.82 Å². The van der Waals surface area contributed by atoms with E-state index in [0.29, 0.717) is 33.6 Å². The van der Waals surface area contributed by atoms with E-state index in [9.17, 15) is 9.59 Å². The first-order chi connectivity index (χ1) is 14.6. The first kappa shape index (κ1) is 16.7. The van der Waals surface area contributed by atoms with Crippen molar-refractivity contribution in [2.45, 2.75) is 6.54 Å². The minimum absolute atomic E-state index is 0.127. The SMILES string of the molecule is Cn1c(=O)c2ccccc2n2c(Cn3cnc4c(oc5ccccc54)c3=O)nnc12. The molecule has 0 aliphatic rings. The summed E-state index contributed by atoms with van der Waals surface area (Å²) < 4.78 is 10.4. The van der Waals surface area contributed by atoms with Crippen LogP contribution in [0.5, 0.6) is 0 Å². The average molecular weight is 398 g/mol. The molecule has 0 saturated carbocycles. The molecule has 146 valence electrons. The van der Waals surface area contributed by atoms with Gasteiger partial charge in [0.2, 0.25) is 11.4 Å². The van der Waals surface area contributed by atoms with Gasteiger partial charge in [0.1, 0.15) is 11.1 Å². The van der Waals surface area contributed by atoms with Gasteiger partial charge in [0.25, 0.3) is 11.1 Å². The molecule has 6 aromatic rings. The molecule has 4 aromatic heterocycles. The van der Waals surface area contributed by atoms with Crippen molar-refractivity contribution in [3.63, 3.8) is 0 Å². The maximum absolute atomic E-state index is 13.1. The Hall–Kier alpha value is -4.27. The molecule has 0 fully saturated rings. The third kappa shape index (κ3) is 2.14. The van der Waals surface area contributed by atoms with E-state index >= 15 is 0 Å². The number of fused-ring (bicyclic) bond motifs is 6. The van der Waals surface area contributed by atoms with E-state index in [0.717, 1.165) is 5.39 Å². The third-order valence-corrected chi connectivity index (χ3v) is 5.36. The number of benzene rings is 2. The minimum Gasteiger partial charge on any atom is -0.448 e. The predicted octanol–water partition coefficient (Wildman–Crippen LogP) is 2.09. The zero-order valence-electron chi connectivity index (χ0n) is 15.8. The molecule has 4 heterocycles. The summed E-state index contributed by atoms with van der Waals surface area (Å²) in [5.74, 6) is 0.913. The maximum atomic E-state index is 13.1. The van der Waals surface area contributed by atoms with Crippen LogP contribution in [0.4, 0.5) is 0 Å². The smallest absolute Gasteiger partial charge is 0.297 e. The Balaban J connectivity index is 1.59. The zero-order valence-corrected chi connectivity index (χ0v) is 15.8. The lowest BCUT2D eigenvalue weighted by Crippen LogP contribution is -2.23. The van der Waals surface area contributed by atoms with Gasteiger partial charge < -0.3 is 4.42 Å². The Morgan fingerprint density at radius 3 is 2.57 bits per heavy atom. The Morgan fingerprint density at radius 1 is 0.933 bits per heavy atom. The van der Waals surface area contributed by atoms with Crippen LogP contribution in [0.1, 0.15) is 5.82 Å². The van der Waals surface area contributed by atoms with Crippen LogP contribution in [0.25, 0.3) is 38.7 Å². The van der Waals surface area contributed by atoms with Gasteiger partial charge in [-0.1, -0.05) is 24.3 Å². The highest BCUT2D eigenvalue weighted by molar-refractivity contribution is 6.01. The highest BCUT2D eigenvalue weighted by atomic mass is 16.3. The molecule has 0 amide bonds. The van der Waals surface area contributed by atoms with Crippen molar-refractivity contribution in [3.05, 3.63) is 81.4 Å². The Labute approximate surface area is 167 Å². The first-order valence-corrected chi connectivity index (χ1v) is 9.32. The number of aromatic nitrogens is 6. The van der Waals surface area contributed by atoms with Crippen molar-refractivity contribution in [1.82, 2.24) is 28.7 Å². The normalized spacial score (nSPS) is 11.9. The van der Waals surface area contributed by atoms with Crippen LogP contribution in [0.2, 0.25) is 0 Å². The summed E-state index contributed by atoms with van der Waals surface area (Å²) in [4.78, 5) is 30.1. The molecule has 0 aliphatic carbocycles. The van der Waals surface area contributed by atoms with Gasteiger partial charge >= 0.3 is 0 Å². The second-order valence-corrected chi connectivity index (χ2v) is 7.09. The predicted molar refractivity (Wildman–Crippen MR) is 111 cm³/mol. The Bertz CT molecular complexity index is 1740. The fraction of sp³-hybridized carbons (Fsp3) is 0.0952. The molecule has 9 heteroatoms. The summed E-state index contributed by atoms with van der Waals surface area (Å²) in [6.45, 7) is 0.127. The molecule has 0 spiro atoms. The molecule has 0 atom stereocenters. The van der Waals surface area contributed by atoms with Crippen molar-refractivity contribution < 1.29 is 4.42 Å². The number of para-hydroxylation sites is 2. The first-order valence-electron chi connectivity index (χ1n) is 9.32. The number of hydrogen-bond donors (Lipinski definition) is 0. The van der Waals surface area contributed by atoms with Gasteiger partial charge in [-0.2, -0.15) is 0 Å². The largest absolute Gasteiger partial charge is 0.448 e. The number of aryl methyl sites for hydroxylation is 1. The second-order valence-electron chi connectivity index (χ2n) is 7.09. The van der Waals surface area contributed by atoms with E-state index in [4.69, 9.17) is 4.42 Å². The van der Waals surface area contributed by atoms with Crippen LogP contribution >= 0.6 is 0 Å². The number of furan rings is 1. The highest BCUT2D eigenvalue weighted by Gasteiger charge is 2.17. The lowest BCUT2D eigenvalue weighted by atomic mass is 10.2. The van der Waals surface area contributed by atoms with E-state index < -0.39 is 0 Å². The van der Waals surface area contributed by atoms with Crippen molar-refractivity contribution in [2.24, 2.45) is 7.05 Å². The molecule has 9 nitrogen and oxygen atoms in total. The molecular formula is C21H14N6O3. The Morgan fingerprint density at radius 2 is 1.70 bits per heavy atom. The third-order valence-electron chi connectivity index (χ3n) is 5.36. The van der Waals surface area contributed by atoms with Crippen LogP contribution in [0.15, 0.2) is 68.9 Å². The van der Waals surface area contributed by atoms with E-state index in [-0.39, 0.29) is 23.2 Å². The molecule has 30 heavy (non-hydrogen) atoms. The Kier molecular flexibility index (Phi) is 3.26. The van der Waals surface area contributed by atoms with Crippen LogP contribution in [-0.4, -0.2) is 28.7 Å². The van der Waals surface area contributed by atoms with Crippen LogP contribution < -0.4 is 11.1 Å². The lowest BCUT2D eigenvalue weighted by molar-refractivity contribution is 0.635. The monoisotopic (exact) mass is 398 g/mol. The van der Waals surface area contributed by atoms with Gasteiger partial charge in [-0.3, -0.25) is 23.1 Å². The summed E-state index contributed by atoms with van der Waals surface area (Å²) in [7, 11) is 1.65. The fourth-order valence-corrected chi connectivity index (χ4v) is 3.87.